The lowest BCUT2D eigenvalue weighted by Crippen LogP contribution is -2.37. The lowest BCUT2D eigenvalue weighted by molar-refractivity contribution is -0.120. The van der Waals surface area contributed by atoms with Gasteiger partial charge in [-0.05, 0) is 22.5 Å². The molecule has 1 amide bonds. The van der Waals surface area contributed by atoms with Crippen molar-refractivity contribution in [2.24, 2.45) is 5.92 Å². The van der Waals surface area contributed by atoms with Crippen LogP contribution >= 0.6 is 0 Å². The first-order valence-corrected chi connectivity index (χ1v) is 7.79. The molecule has 0 heterocycles. The number of terminal acetylenes is 1. The molecule has 3 nitrogen and oxygen atoms in total. The second kappa shape index (κ2) is 8.00. The molecule has 1 atom stereocenters. The van der Waals surface area contributed by atoms with Crippen molar-refractivity contribution in [1.29, 1.82) is 0 Å². The Balaban J connectivity index is 2.75. The fourth-order valence-electron chi connectivity index (χ4n) is 2.34. The van der Waals surface area contributed by atoms with Gasteiger partial charge in [-0.1, -0.05) is 64.8 Å². The maximum absolute atomic E-state index is 11.7. The summed E-state index contributed by atoms with van der Waals surface area (Å²) < 4.78 is 0. The van der Waals surface area contributed by atoms with E-state index in [0.717, 1.165) is 0 Å². The van der Waals surface area contributed by atoms with E-state index >= 15 is 0 Å². The van der Waals surface area contributed by atoms with E-state index in [2.05, 4.69) is 75.4 Å². The minimum atomic E-state index is -0.0742. The molecular formula is C19H28N2O. The molecule has 120 valence electrons. The second-order valence-corrected chi connectivity index (χ2v) is 6.96. The molecule has 0 aliphatic carbocycles. The average molecular weight is 300 g/mol. The van der Waals surface area contributed by atoms with Crippen LogP contribution in [-0.2, 0) is 10.2 Å². The Hall–Kier alpha value is -1.79. The molecular weight excluding hydrogens is 272 g/mol. The highest BCUT2D eigenvalue weighted by Gasteiger charge is 2.18. The maximum Gasteiger partial charge on any atom is 0.234 e. The van der Waals surface area contributed by atoms with Gasteiger partial charge in [0.05, 0.1) is 13.1 Å². The van der Waals surface area contributed by atoms with Gasteiger partial charge < -0.3 is 10.6 Å². The van der Waals surface area contributed by atoms with Gasteiger partial charge in [0.2, 0.25) is 5.91 Å². The third-order valence-electron chi connectivity index (χ3n) is 3.67. The molecule has 0 unspecified atom stereocenters. The summed E-state index contributed by atoms with van der Waals surface area (Å²) in [4.78, 5) is 11.7. The molecule has 0 aliphatic rings. The van der Waals surface area contributed by atoms with Gasteiger partial charge in [-0.3, -0.25) is 4.79 Å². The van der Waals surface area contributed by atoms with Gasteiger partial charge in [0, 0.05) is 6.04 Å². The Morgan fingerprint density at radius 1 is 1.23 bits per heavy atom. The lowest BCUT2D eigenvalue weighted by Gasteiger charge is -2.25. The summed E-state index contributed by atoms with van der Waals surface area (Å²) in [5.41, 5.74) is 2.66. The van der Waals surface area contributed by atoms with Crippen LogP contribution in [-0.4, -0.2) is 19.0 Å². The summed E-state index contributed by atoms with van der Waals surface area (Å²) in [5.74, 6) is 2.72. The van der Waals surface area contributed by atoms with E-state index in [4.69, 9.17) is 6.42 Å². The smallest absolute Gasteiger partial charge is 0.234 e. The molecule has 0 aliphatic heterocycles. The quantitative estimate of drug-likeness (QED) is 0.793. The van der Waals surface area contributed by atoms with Crippen LogP contribution in [0.5, 0.6) is 0 Å². The summed E-state index contributed by atoms with van der Waals surface area (Å²) in [5, 5.41) is 5.99. The number of carbonyl (C=O) groups is 1. The Labute approximate surface area is 134 Å². The normalized spacial score (nSPS) is 12.8. The summed E-state index contributed by atoms with van der Waals surface area (Å²) >= 11 is 0. The van der Waals surface area contributed by atoms with E-state index in [1.165, 1.54) is 11.1 Å². The Morgan fingerprint density at radius 2 is 1.82 bits per heavy atom. The zero-order chi connectivity index (χ0) is 16.8. The molecule has 0 aromatic heterocycles. The average Bonchev–Trinajstić information content (AvgIpc) is 2.44. The number of rotatable bonds is 6. The van der Waals surface area contributed by atoms with E-state index < -0.39 is 0 Å². The van der Waals surface area contributed by atoms with E-state index in [0.29, 0.717) is 5.92 Å². The largest absolute Gasteiger partial charge is 0.344 e. The topological polar surface area (TPSA) is 41.1 Å². The van der Waals surface area contributed by atoms with Crippen LogP contribution in [0.25, 0.3) is 0 Å². The molecule has 0 fully saturated rings. The van der Waals surface area contributed by atoms with Crippen LogP contribution in [0.3, 0.4) is 0 Å². The van der Waals surface area contributed by atoms with Crippen LogP contribution in [0.4, 0.5) is 0 Å². The minimum Gasteiger partial charge on any atom is -0.344 e. The Morgan fingerprint density at radius 3 is 2.27 bits per heavy atom. The minimum absolute atomic E-state index is 0.0742. The number of hydrogen-bond donors (Lipinski definition) is 2. The highest BCUT2D eigenvalue weighted by atomic mass is 16.1. The Kier molecular flexibility index (Phi) is 6.64. The van der Waals surface area contributed by atoms with Gasteiger partial charge >= 0.3 is 0 Å². The number of amides is 1. The van der Waals surface area contributed by atoms with Gasteiger partial charge in [-0.2, -0.15) is 0 Å². The van der Waals surface area contributed by atoms with Gasteiger partial charge in [0.25, 0.3) is 0 Å². The van der Waals surface area contributed by atoms with Gasteiger partial charge in [-0.25, -0.2) is 0 Å². The van der Waals surface area contributed by atoms with E-state index in [-0.39, 0.29) is 30.5 Å². The molecule has 22 heavy (non-hydrogen) atoms. The molecule has 0 radical (unpaired) electrons. The summed E-state index contributed by atoms with van der Waals surface area (Å²) in [6.07, 6.45) is 5.14. The third kappa shape index (κ3) is 5.54. The van der Waals surface area contributed by atoms with Gasteiger partial charge in [0.15, 0.2) is 0 Å². The van der Waals surface area contributed by atoms with E-state index in [9.17, 15) is 4.79 Å². The van der Waals surface area contributed by atoms with Crippen LogP contribution in [0.2, 0.25) is 0 Å². The van der Waals surface area contributed by atoms with E-state index in [1.54, 1.807) is 0 Å². The predicted octanol–water partition coefficient (Wildman–Crippen LogP) is 3.02. The molecule has 2 N–H and O–H groups in total. The number of carbonyl (C=O) groups excluding carboxylic acids is 1. The van der Waals surface area contributed by atoms with Crippen molar-refractivity contribution in [3.63, 3.8) is 0 Å². The molecule has 0 saturated carbocycles. The van der Waals surface area contributed by atoms with Gasteiger partial charge in [0.1, 0.15) is 0 Å². The van der Waals surface area contributed by atoms with Crippen LogP contribution in [0, 0.1) is 18.3 Å². The van der Waals surface area contributed by atoms with Crippen LogP contribution < -0.4 is 10.6 Å². The number of nitrogens with one attached hydrogen (secondary N) is 2. The lowest BCUT2D eigenvalue weighted by atomic mass is 9.85. The predicted molar refractivity (Wildman–Crippen MR) is 92.6 cm³/mol. The van der Waals surface area contributed by atoms with Crippen LogP contribution in [0.15, 0.2) is 24.3 Å². The monoisotopic (exact) mass is 300 g/mol. The Bertz CT molecular complexity index is 518. The van der Waals surface area contributed by atoms with Crippen molar-refractivity contribution in [3.05, 3.63) is 35.4 Å². The van der Waals surface area contributed by atoms with Crippen molar-refractivity contribution in [2.75, 3.05) is 13.1 Å². The summed E-state index contributed by atoms with van der Waals surface area (Å²) in [6, 6.07) is 8.79. The highest BCUT2D eigenvalue weighted by molar-refractivity contribution is 5.78. The maximum atomic E-state index is 11.7. The van der Waals surface area contributed by atoms with Crippen molar-refractivity contribution >= 4 is 5.91 Å². The molecule has 1 rings (SSSR count). The SMILES string of the molecule is C#CCNC(=O)CN[C@@H](c1ccc(C(C)(C)C)cc1)C(C)C. The van der Waals surface area contributed by atoms with Crippen molar-refractivity contribution < 1.29 is 4.79 Å². The first kappa shape index (κ1) is 18.3. The fraction of sp³-hybridized carbons (Fsp3) is 0.526. The molecule has 0 spiro atoms. The van der Waals surface area contributed by atoms with Crippen molar-refractivity contribution in [2.45, 2.75) is 46.1 Å². The second-order valence-electron chi connectivity index (χ2n) is 6.96. The standard InChI is InChI=1S/C19H28N2O/c1-7-12-20-17(22)13-21-18(14(2)3)15-8-10-16(11-9-15)19(4,5)6/h1,8-11,14,18,21H,12-13H2,2-6H3,(H,20,22)/t18-/m1/s1. The first-order chi connectivity index (χ1) is 10.3. The van der Waals surface area contributed by atoms with Gasteiger partial charge in [-0.15, -0.1) is 6.42 Å². The first-order valence-electron chi connectivity index (χ1n) is 7.79. The van der Waals surface area contributed by atoms with Crippen LogP contribution in [0.1, 0.15) is 51.8 Å². The third-order valence-corrected chi connectivity index (χ3v) is 3.67. The molecule has 0 bridgehead atoms. The van der Waals surface area contributed by atoms with Crippen molar-refractivity contribution in [1.82, 2.24) is 10.6 Å². The zero-order valence-electron chi connectivity index (χ0n) is 14.4. The van der Waals surface area contributed by atoms with Crippen molar-refractivity contribution in [3.8, 4) is 12.3 Å². The van der Waals surface area contributed by atoms with E-state index in [1.807, 2.05) is 0 Å². The molecule has 1 aromatic carbocycles. The highest BCUT2D eigenvalue weighted by Crippen LogP contribution is 2.26. The summed E-state index contributed by atoms with van der Waals surface area (Å²) in [7, 11) is 0. The molecule has 1 aromatic rings. The number of hydrogen-bond acceptors (Lipinski definition) is 2. The molecule has 3 heteroatoms. The zero-order valence-corrected chi connectivity index (χ0v) is 14.4. The number of benzene rings is 1. The fourth-order valence-corrected chi connectivity index (χ4v) is 2.34. The molecule has 0 saturated heterocycles. The summed E-state index contributed by atoms with van der Waals surface area (Å²) in [6.45, 7) is 11.4.